The van der Waals surface area contributed by atoms with E-state index in [1.165, 1.54) is 0 Å². The summed E-state index contributed by atoms with van der Waals surface area (Å²) >= 11 is 0. The smallest absolute Gasteiger partial charge is 0.164 e. The predicted octanol–water partition coefficient (Wildman–Crippen LogP) is 1.84. The van der Waals surface area contributed by atoms with Crippen molar-refractivity contribution >= 4 is 5.78 Å². The van der Waals surface area contributed by atoms with Crippen molar-refractivity contribution in [2.75, 3.05) is 33.9 Å². The highest BCUT2D eigenvalue weighted by molar-refractivity contribution is 5.96. The molecule has 1 aromatic carbocycles. The van der Waals surface area contributed by atoms with Crippen LogP contribution in [0.25, 0.3) is 0 Å². The molecule has 0 aliphatic carbocycles. The third kappa shape index (κ3) is 4.55. The second-order valence-electron chi connectivity index (χ2n) is 3.84. The Morgan fingerprint density at radius 2 is 1.94 bits per heavy atom. The largest absolute Gasteiger partial charge is 0.383 e. The van der Waals surface area contributed by atoms with Gasteiger partial charge in [-0.25, -0.2) is 0 Å². The Labute approximate surface area is 97.0 Å². The number of methoxy groups -OCH3 is 1. The molecule has 0 aliphatic rings. The lowest BCUT2D eigenvalue weighted by atomic mass is 10.1. The standard InChI is InChI=1S/C13H19NO2/c1-14(10-11-16-2)9-8-13(15)12-6-4-3-5-7-12/h3-7H,8-11H2,1-2H3. The number of hydrogen-bond acceptors (Lipinski definition) is 3. The van der Waals surface area contributed by atoms with Crippen LogP contribution in [-0.4, -0.2) is 44.5 Å². The first-order valence-corrected chi connectivity index (χ1v) is 5.49. The molecule has 0 heterocycles. The molecule has 0 radical (unpaired) electrons. The third-order valence-electron chi connectivity index (χ3n) is 2.49. The quantitative estimate of drug-likeness (QED) is 0.658. The Hall–Kier alpha value is -1.19. The molecule has 0 spiro atoms. The minimum Gasteiger partial charge on any atom is -0.383 e. The number of likely N-dealkylation sites (N-methyl/N-ethyl adjacent to an activating group) is 1. The van der Waals surface area contributed by atoms with Crippen molar-refractivity contribution < 1.29 is 9.53 Å². The summed E-state index contributed by atoms with van der Waals surface area (Å²) in [5, 5.41) is 0. The monoisotopic (exact) mass is 221 g/mol. The number of carbonyl (C=O) groups is 1. The maximum absolute atomic E-state index is 11.8. The van der Waals surface area contributed by atoms with Gasteiger partial charge < -0.3 is 9.64 Å². The summed E-state index contributed by atoms with van der Waals surface area (Å²) in [6, 6.07) is 9.42. The molecule has 0 saturated carbocycles. The predicted molar refractivity (Wildman–Crippen MR) is 64.8 cm³/mol. The van der Waals surface area contributed by atoms with Crippen molar-refractivity contribution in [1.29, 1.82) is 0 Å². The molecule has 0 N–H and O–H groups in total. The first-order valence-electron chi connectivity index (χ1n) is 5.49. The summed E-state index contributed by atoms with van der Waals surface area (Å²) in [6.45, 7) is 2.34. The molecule has 88 valence electrons. The van der Waals surface area contributed by atoms with Gasteiger partial charge in [0.25, 0.3) is 0 Å². The summed E-state index contributed by atoms with van der Waals surface area (Å²) in [6.07, 6.45) is 0.560. The summed E-state index contributed by atoms with van der Waals surface area (Å²) in [4.78, 5) is 13.9. The Bertz CT molecular complexity index is 311. The zero-order valence-electron chi connectivity index (χ0n) is 9.98. The Balaban J connectivity index is 2.30. The van der Waals surface area contributed by atoms with Crippen molar-refractivity contribution in [3.05, 3.63) is 35.9 Å². The van der Waals surface area contributed by atoms with Gasteiger partial charge in [-0.05, 0) is 7.05 Å². The highest BCUT2D eigenvalue weighted by Crippen LogP contribution is 2.03. The number of Topliss-reactive ketones (excluding diaryl/α,β-unsaturated/α-hetero) is 1. The van der Waals surface area contributed by atoms with Crippen LogP contribution in [0.1, 0.15) is 16.8 Å². The van der Waals surface area contributed by atoms with Gasteiger partial charge in [0.1, 0.15) is 0 Å². The number of nitrogens with zero attached hydrogens (tertiary/aromatic N) is 1. The molecule has 1 aromatic rings. The molecule has 0 aliphatic heterocycles. The van der Waals surface area contributed by atoms with E-state index in [9.17, 15) is 4.79 Å². The normalized spacial score (nSPS) is 10.7. The first-order chi connectivity index (χ1) is 7.74. The number of carbonyl (C=O) groups excluding carboxylic acids is 1. The summed E-state index contributed by atoms with van der Waals surface area (Å²) < 4.78 is 4.98. The van der Waals surface area contributed by atoms with Crippen LogP contribution >= 0.6 is 0 Å². The van der Waals surface area contributed by atoms with Crippen molar-refractivity contribution in [2.45, 2.75) is 6.42 Å². The third-order valence-corrected chi connectivity index (χ3v) is 2.49. The molecule has 0 bridgehead atoms. The van der Waals surface area contributed by atoms with Gasteiger partial charge in [-0.15, -0.1) is 0 Å². The number of hydrogen-bond donors (Lipinski definition) is 0. The topological polar surface area (TPSA) is 29.5 Å². The number of ether oxygens (including phenoxy) is 1. The lowest BCUT2D eigenvalue weighted by molar-refractivity contribution is 0.0960. The van der Waals surface area contributed by atoms with Crippen LogP contribution in [0.15, 0.2) is 30.3 Å². The fourth-order valence-electron chi connectivity index (χ4n) is 1.42. The van der Waals surface area contributed by atoms with E-state index in [4.69, 9.17) is 4.74 Å². The zero-order valence-corrected chi connectivity index (χ0v) is 9.98. The van der Waals surface area contributed by atoms with Gasteiger partial charge in [-0.3, -0.25) is 4.79 Å². The molecule has 3 heteroatoms. The number of benzene rings is 1. The fourth-order valence-corrected chi connectivity index (χ4v) is 1.42. The van der Waals surface area contributed by atoms with E-state index >= 15 is 0 Å². The van der Waals surface area contributed by atoms with Crippen molar-refractivity contribution in [1.82, 2.24) is 4.90 Å². The van der Waals surface area contributed by atoms with Gasteiger partial charge in [0, 0.05) is 32.2 Å². The molecular formula is C13H19NO2. The van der Waals surface area contributed by atoms with Gasteiger partial charge in [0.15, 0.2) is 5.78 Å². The minimum atomic E-state index is 0.199. The Morgan fingerprint density at radius 1 is 1.25 bits per heavy atom. The number of ketones is 1. The van der Waals surface area contributed by atoms with Crippen LogP contribution in [0.5, 0.6) is 0 Å². The molecular weight excluding hydrogens is 202 g/mol. The van der Waals surface area contributed by atoms with Crippen LogP contribution in [0.2, 0.25) is 0 Å². The second-order valence-corrected chi connectivity index (χ2v) is 3.84. The van der Waals surface area contributed by atoms with E-state index in [-0.39, 0.29) is 5.78 Å². The summed E-state index contributed by atoms with van der Waals surface area (Å²) in [5.74, 6) is 0.199. The Kier molecular flexibility index (Phi) is 5.75. The van der Waals surface area contributed by atoms with Crippen LogP contribution in [0, 0.1) is 0 Å². The average Bonchev–Trinajstić information content (AvgIpc) is 2.34. The van der Waals surface area contributed by atoms with Gasteiger partial charge in [-0.2, -0.15) is 0 Å². The van der Waals surface area contributed by atoms with Crippen LogP contribution in [0.4, 0.5) is 0 Å². The molecule has 16 heavy (non-hydrogen) atoms. The minimum absolute atomic E-state index is 0.199. The molecule has 1 rings (SSSR count). The molecule has 0 fully saturated rings. The first kappa shape index (κ1) is 12.9. The van der Waals surface area contributed by atoms with E-state index in [0.29, 0.717) is 13.0 Å². The van der Waals surface area contributed by atoms with Gasteiger partial charge >= 0.3 is 0 Å². The van der Waals surface area contributed by atoms with Gasteiger partial charge in [0.05, 0.1) is 6.61 Å². The van der Waals surface area contributed by atoms with Crippen LogP contribution in [0.3, 0.4) is 0 Å². The van der Waals surface area contributed by atoms with E-state index in [1.807, 2.05) is 37.4 Å². The van der Waals surface area contributed by atoms with Crippen LogP contribution in [-0.2, 0) is 4.74 Å². The Morgan fingerprint density at radius 3 is 2.56 bits per heavy atom. The van der Waals surface area contributed by atoms with Crippen molar-refractivity contribution in [3.8, 4) is 0 Å². The van der Waals surface area contributed by atoms with E-state index in [1.54, 1.807) is 7.11 Å². The number of rotatable bonds is 7. The van der Waals surface area contributed by atoms with Crippen LogP contribution < -0.4 is 0 Å². The molecule has 0 atom stereocenters. The summed E-state index contributed by atoms with van der Waals surface area (Å²) in [7, 11) is 3.68. The van der Waals surface area contributed by atoms with Crippen molar-refractivity contribution in [2.24, 2.45) is 0 Å². The van der Waals surface area contributed by atoms with E-state index in [2.05, 4.69) is 4.90 Å². The SMILES string of the molecule is COCCN(C)CCC(=O)c1ccccc1. The highest BCUT2D eigenvalue weighted by atomic mass is 16.5. The average molecular weight is 221 g/mol. The fraction of sp³-hybridized carbons (Fsp3) is 0.462. The van der Waals surface area contributed by atoms with Crippen molar-refractivity contribution in [3.63, 3.8) is 0 Å². The molecule has 3 nitrogen and oxygen atoms in total. The lowest BCUT2D eigenvalue weighted by Gasteiger charge is -2.15. The maximum Gasteiger partial charge on any atom is 0.164 e. The highest BCUT2D eigenvalue weighted by Gasteiger charge is 2.06. The molecule has 0 aromatic heterocycles. The van der Waals surface area contributed by atoms with Gasteiger partial charge in [0.2, 0.25) is 0 Å². The second kappa shape index (κ2) is 7.14. The van der Waals surface area contributed by atoms with Gasteiger partial charge in [-0.1, -0.05) is 30.3 Å². The summed E-state index contributed by atoms with van der Waals surface area (Å²) in [5.41, 5.74) is 0.794. The van der Waals surface area contributed by atoms with E-state index in [0.717, 1.165) is 18.7 Å². The van der Waals surface area contributed by atoms with E-state index < -0.39 is 0 Å². The molecule has 0 saturated heterocycles. The maximum atomic E-state index is 11.8. The lowest BCUT2D eigenvalue weighted by Crippen LogP contribution is -2.25. The zero-order chi connectivity index (χ0) is 11.8. The molecule has 0 unspecified atom stereocenters. The molecule has 0 amide bonds.